The number of ketones is 1. The first-order chi connectivity index (χ1) is 24.5. The lowest BCUT2D eigenvalue weighted by Crippen LogP contribution is -2.59. The highest BCUT2D eigenvalue weighted by Gasteiger charge is 2.60. The van der Waals surface area contributed by atoms with Crippen LogP contribution < -0.4 is 5.32 Å². The topological polar surface area (TPSA) is 136 Å². The average Bonchev–Trinajstić information content (AvgIpc) is 3.36. The number of Topliss-reactive ketones (excluding diaryl/α,β-unsaturated/α-hetero) is 1. The number of benzene rings is 1. The van der Waals surface area contributed by atoms with Crippen LogP contribution in [0, 0.1) is 17.8 Å². The summed E-state index contributed by atoms with van der Waals surface area (Å²) in [6.07, 6.45) is -1.16. The minimum Gasteiger partial charge on any atom is -0.455 e. The number of aliphatic hydroxyl groups excluding tert-OH is 1. The summed E-state index contributed by atoms with van der Waals surface area (Å²) in [5.41, 5.74) is -0.893. The molecule has 12 atom stereocenters. The lowest BCUT2D eigenvalue weighted by atomic mass is 9.74. The van der Waals surface area contributed by atoms with Crippen LogP contribution in [0.3, 0.4) is 0 Å². The molecule has 3 heterocycles. The van der Waals surface area contributed by atoms with Crippen LogP contribution in [0.15, 0.2) is 42.0 Å². The van der Waals surface area contributed by atoms with E-state index in [4.69, 9.17) is 23.7 Å². The van der Waals surface area contributed by atoms with Gasteiger partial charge in [0, 0.05) is 56.1 Å². The smallest absolute Gasteiger partial charge is 0.410 e. The van der Waals surface area contributed by atoms with E-state index in [-0.39, 0.29) is 24.3 Å². The minimum absolute atomic E-state index is 0.0772. The van der Waals surface area contributed by atoms with Crippen molar-refractivity contribution in [2.24, 2.45) is 17.8 Å². The predicted molar refractivity (Wildman–Crippen MR) is 197 cm³/mol. The molecule has 0 unspecified atom stereocenters. The summed E-state index contributed by atoms with van der Waals surface area (Å²) < 4.78 is 31.4. The number of nitrogens with zero attached hydrogens (tertiary/aromatic N) is 2. The maximum absolute atomic E-state index is 14.6. The van der Waals surface area contributed by atoms with Gasteiger partial charge in [0.1, 0.15) is 18.0 Å². The molecule has 0 spiro atoms. The van der Waals surface area contributed by atoms with E-state index in [9.17, 15) is 19.5 Å². The summed E-state index contributed by atoms with van der Waals surface area (Å²) in [6.45, 7) is 16.2. The van der Waals surface area contributed by atoms with Gasteiger partial charge in [-0.15, -0.1) is 0 Å². The van der Waals surface area contributed by atoms with Crippen molar-refractivity contribution >= 4 is 17.8 Å². The Morgan fingerprint density at radius 1 is 1.08 bits per heavy atom. The Kier molecular flexibility index (Phi) is 14.1. The zero-order valence-electron chi connectivity index (χ0n) is 33.1. The molecule has 2 N–H and O–H groups in total. The number of ether oxygens (including phenoxy) is 5. The maximum atomic E-state index is 14.6. The number of aliphatic hydroxyl groups is 1. The van der Waals surface area contributed by atoms with Crippen LogP contribution in [-0.2, 0) is 39.8 Å². The highest BCUT2D eigenvalue weighted by atomic mass is 16.7. The van der Waals surface area contributed by atoms with E-state index in [1.54, 1.807) is 31.9 Å². The maximum Gasteiger partial charge on any atom is 0.410 e. The Hall–Kier alpha value is -2.87. The highest BCUT2D eigenvalue weighted by Crippen LogP contribution is 2.42. The monoisotopic (exact) mass is 729 g/mol. The quantitative estimate of drug-likeness (QED) is 0.256. The molecule has 0 bridgehead atoms. The number of likely N-dealkylation sites (N-methyl/N-ethyl adjacent to an activating group) is 1. The van der Waals surface area contributed by atoms with Gasteiger partial charge in [-0.25, -0.2) is 9.59 Å². The number of hydrogen-bond acceptors (Lipinski definition) is 11. The number of carbonyl (C=O) groups excluding carboxylic acids is 3. The molecule has 52 heavy (non-hydrogen) atoms. The molecule has 2 saturated heterocycles. The first-order valence-corrected chi connectivity index (χ1v) is 18.8. The second-order valence-corrected chi connectivity index (χ2v) is 15.8. The van der Waals surface area contributed by atoms with Crippen LogP contribution in [0.25, 0.3) is 0 Å². The van der Waals surface area contributed by atoms with Gasteiger partial charge >= 0.3 is 12.1 Å². The average molecular weight is 730 g/mol. The number of carbonyl (C=O) groups is 3. The molecule has 1 aromatic rings. The Morgan fingerprint density at radius 2 is 1.75 bits per heavy atom. The largest absolute Gasteiger partial charge is 0.455 e. The lowest BCUT2D eigenvalue weighted by Gasteiger charge is -2.47. The number of hydrogen-bond donors (Lipinski definition) is 2. The van der Waals surface area contributed by atoms with E-state index < -0.39 is 71.7 Å². The molecule has 0 saturated carbocycles. The van der Waals surface area contributed by atoms with Crippen molar-refractivity contribution in [1.82, 2.24) is 15.1 Å². The van der Waals surface area contributed by atoms with Crippen molar-refractivity contribution in [1.29, 1.82) is 0 Å². The normalized spacial score (nSPS) is 39.0. The standard InChI is InChI=1S/C40H63N3O9/c1-12-31-40(8)34(43(38(47)52-40)19-18-41-23-29-16-14-13-15-17-29)28(6)32(44)26(4)22-39(7,48-11)35(24(2)20-25(3)36(46)50-31)51-37-33(45)30(42(9)10)21-27(5)49-37/h13-17,20,24,26-28,30-31,33-35,37,41,45H,12,18-19,21-23H2,1-11H3/b25-20+/t24-,26+,27+,28-,30-,31+,33+,34+,35+,37-,39-,40+/m0/s1. The van der Waals surface area contributed by atoms with Gasteiger partial charge in [-0.2, -0.15) is 0 Å². The van der Waals surface area contributed by atoms with Crippen molar-refractivity contribution in [2.75, 3.05) is 34.3 Å². The number of rotatable bonds is 10. The third-order valence-electron chi connectivity index (χ3n) is 11.5. The summed E-state index contributed by atoms with van der Waals surface area (Å²) in [5, 5.41) is 14.8. The van der Waals surface area contributed by atoms with Gasteiger partial charge in [0.15, 0.2) is 11.9 Å². The molecule has 3 aliphatic heterocycles. The van der Waals surface area contributed by atoms with Crippen molar-refractivity contribution in [3.05, 3.63) is 47.5 Å². The van der Waals surface area contributed by atoms with Gasteiger partial charge in [0.05, 0.1) is 23.9 Å². The van der Waals surface area contributed by atoms with Gasteiger partial charge in [-0.1, -0.05) is 64.1 Å². The molecule has 0 aliphatic carbocycles. The molecule has 3 aliphatic rings. The molecular weight excluding hydrogens is 666 g/mol. The van der Waals surface area contributed by atoms with E-state index in [1.807, 2.05) is 90.9 Å². The highest BCUT2D eigenvalue weighted by molar-refractivity contribution is 5.88. The SMILES string of the molecule is CC[C@H]1OC(=O)/C(C)=C/[C@H](C)[C@@H](O[C@@H]2O[C@H](C)C[C@H](N(C)C)[C@H]2O)[C@@](C)(OC)C[C@@H](C)C(=O)[C@H](C)[C@H]2N(CCNCc3ccccc3)C(=O)O[C@]12C. The predicted octanol–water partition coefficient (Wildman–Crippen LogP) is 4.72. The number of nitrogens with one attached hydrogen (secondary N) is 1. The van der Waals surface area contributed by atoms with Gasteiger partial charge < -0.3 is 39.0 Å². The Bertz CT molecular complexity index is 1410. The molecule has 292 valence electrons. The van der Waals surface area contributed by atoms with Gasteiger partial charge in [-0.05, 0) is 66.6 Å². The van der Waals surface area contributed by atoms with Crippen LogP contribution in [0.4, 0.5) is 4.79 Å². The van der Waals surface area contributed by atoms with Crippen molar-refractivity contribution in [3.8, 4) is 0 Å². The fourth-order valence-electron chi connectivity index (χ4n) is 8.64. The van der Waals surface area contributed by atoms with E-state index in [2.05, 4.69) is 5.32 Å². The number of fused-ring (bicyclic) bond motifs is 1. The molecule has 4 rings (SSSR count). The third-order valence-corrected chi connectivity index (χ3v) is 11.5. The molecule has 0 aromatic heterocycles. The van der Waals surface area contributed by atoms with Crippen LogP contribution in [0.1, 0.15) is 80.2 Å². The third kappa shape index (κ3) is 9.07. The number of methoxy groups -OCH3 is 1. The summed E-state index contributed by atoms with van der Waals surface area (Å²) in [7, 11) is 5.41. The molecular formula is C40H63N3O9. The fourth-order valence-corrected chi connectivity index (χ4v) is 8.64. The second kappa shape index (κ2) is 17.5. The molecule has 0 radical (unpaired) electrons. The van der Waals surface area contributed by atoms with Crippen LogP contribution >= 0.6 is 0 Å². The first-order valence-electron chi connectivity index (χ1n) is 18.8. The Labute approximate surface area is 310 Å². The van der Waals surface area contributed by atoms with Gasteiger partial charge in [-0.3, -0.25) is 9.69 Å². The van der Waals surface area contributed by atoms with E-state index >= 15 is 0 Å². The summed E-state index contributed by atoms with van der Waals surface area (Å²) in [4.78, 5) is 45.6. The Balaban J connectivity index is 1.70. The van der Waals surface area contributed by atoms with E-state index in [0.717, 1.165) is 5.56 Å². The molecule has 12 heteroatoms. The van der Waals surface area contributed by atoms with E-state index in [0.29, 0.717) is 38.0 Å². The van der Waals surface area contributed by atoms with Crippen LogP contribution in [-0.4, -0.2) is 121 Å². The van der Waals surface area contributed by atoms with E-state index in [1.165, 1.54) is 0 Å². The summed E-state index contributed by atoms with van der Waals surface area (Å²) >= 11 is 0. The van der Waals surface area contributed by atoms with Gasteiger partial charge in [0.2, 0.25) is 0 Å². The molecule has 1 amide bonds. The lowest BCUT2D eigenvalue weighted by molar-refractivity contribution is -0.294. The number of amides is 1. The molecule has 2 fully saturated rings. The van der Waals surface area contributed by atoms with Crippen molar-refractivity contribution < 1.29 is 43.2 Å². The summed E-state index contributed by atoms with van der Waals surface area (Å²) in [6, 6.07) is 9.06. The van der Waals surface area contributed by atoms with Gasteiger partial charge in [0.25, 0.3) is 0 Å². The van der Waals surface area contributed by atoms with Crippen LogP contribution in [0.5, 0.6) is 0 Å². The van der Waals surface area contributed by atoms with Crippen molar-refractivity contribution in [2.45, 2.75) is 135 Å². The number of cyclic esters (lactones) is 1. The Morgan fingerprint density at radius 3 is 2.37 bits per heavy atom. The first kappa shape index (κ1) is 41.9. The minimum atomic E-state index is -1.30. The van der Waals surface area contributed by atoms with Crippen LogP contribution in [0.2, 0.25) is 0 Å². The zero-order chi connectivity index (χ0) is 38.5. The fraction of sp³-hybridized carbons (Fsp3) is 0.725. The number of esters is 1. The van der Waals surface area contributed by atoms with Crippen molar-refractivity contribution in [3.63, 3.8) is 0 Å². The zero-order valence-corrected chi connectivity index (χ0v) is 33.1. The second-order valence-electron chi connectivity index (χ2n) is 15.8. The molecule has 1 aromatic carbocycles. The molecule has 12 nitrogen and oxygen atoms in total. The summed E-state index contributed by atoms with van der Waals surface area (Å²) in [5.74, 6) is -2.28.